The molecule has 0 aromatic heterocycles. The van der Waals surface area contributed by atoms with E-state index in [4.69, 9.17) is 9.94 Å². The highest BCUT2D eigenvalue weighted by Gasteiger charge is 2.40. The molecule has 8 nitrogen and oxygen atoms in total. The molecule has 1 fully saturated rings. The summed E-state index contributed by atoms with van der Waals surface area (Å²) in [6.45, 7) is 4.19. The molecule has 1 amide bonds. The van der Waals surface area contributed by atoms with Crippen molar-refractivity contribution in [1.82, 2.24) is 9.79 Å². The molecule has 2 unspecified atom stereocenters. The molecule has 1 aliphatic heterocycles. The van der Waals surface area contributed by atoms with Crippen LogP contribution in [0.4, 0.5) is 0 Å². The summed E-state index contributed by atoms with van der Waals surface area (Å²) in [6, 6.07) is 10.8. The van der Waals surface area contributed by atoms with Gasteiger partial charge in [-0.2, -0.15) is 4.31 Å². The molecule has 1 aliphatic rings. The van der Waals surface area contributed by atoms with Gasteiger partial charge < -0.3 is 9.84 Å². The van der Waals surface area contributed by atoms with E-state index >= 15 is 0 Å². The first kappa shape index (κ1) is 22.2. The maximum absolute atomic E-state index is 13.0. The van der Waals surface area contributed by atoms with Crippen LogP contribution in [0.25, 0.3) is 0 Å². The number of aryl methyl sites for hydroxylation is 1. The number of nitrogens with zero attached hydrogens (tertiary/aromatic N) is 1. The molecule has 2 aromatic carbocycles. The fourth-order valence-corrected chi connectivity index (χ4v) is 5.15. The summed E-state index contributed by atoms with van der Waals surface area (Å²) in [5.74, 6) is -0.308. The zero-order chi connectivity index (χ0) is 21.9. The molecule has 3 rings (SSSR count). The largest absolute Gasteiger partial charge is 0.489 e. The molecule has 2 atom stereocenters. The lowest BCUT2D eigenvalue weighted by atomic mass is 10.0. The van der Waals surface area contributed by atoms with Crippen LogP contribution in [0.5, 0.6) is 5.75 Å². The van der Waals surface area contributed by atoms with Crippen LogP contribution in [-0.4, -0.2) is 47.6 Å². The highest BCUT2D eigenvalue weighted by Crippen LogP contribution is 2.27. The van der Waals surface area contributed by atoms with Gasteiger partial charge in [-0.25, -0.2) is 13.9 Å². The quantitative estimate of drug-likeness (QED) is 0.472. The lowest BCUT2D eigenvalue weighted by Gasteiger charge is -2.35. The topological polar surface area (TPSA) is 116 Å². The molecule has 0 bridgehead atoms. The van der Waals surface area contributed by atoms with E-state index in [2.05, 4.69) is 0 Å². The predicted molar refractivity (Wildman–Crippen MR) is 110 cm³/mol. The van der Waals surface area contributed by atoms with Crippen LogP contribution in [0.15, 0.2) is 47.4 Å². The van der Waals surface area contributed by atoms with E-state index in [0.717, 1.165) is 15.4 Å². The fraction of sp³-hybridized carbons (Fsp3) is 0.381. The Bertz CT molecular complexity index is 1010. The summed E-state index contributed by atoms with van der Waals surface area (Å²) in [5.41, 5.74) is 4.87. The molecule has 9 heteroatoms. The number of β-amino-alcohol motifs (C(OH)–C–C–N with tert-alkyl or cyclic N) is 1. The Balaban J connectivity index is 1.76. The fourth-order valence-electron chi connectivity index (χ4n) is 3.50. The Hall–Kier alpha value is -2.46. The molecule has 0 radical (unpaired) electrons. The van der Waals surface area contributed by atoms with Gasteiger partial charge in [0.25, 0.3) is 5.91 Å². The first-order valence-electron chi connectivity index (χ1n) is 9.66. The number of piperidine rings is 1. The third-order valence-electron chi connectivity index (χ3n) is 5.47. The van der Waals surface area contributed by atoms with E-state index in [1.165, 1.54) is 23.2 Å². The van der Waals surface area contributed by atoms with E-state index in [9.17, 15) is 18.3 Å². The predicted octanol–water partition coefficient (Wildman–Crippen LogP) is 1.90. The minimum atomic E-state index is -4.05. The molecule has 162 valence electrons. The number of carbonyl (C=O) groups is 1. The average Bonchev–Trinajstić information content (AvgIpc) is 2.74. The number of hydroxylamine groups is 1. The highest BCUT2D eigenvalue weighted by atomic mass is 32.2. The summed E-state index contributed by atoms with van der Waals surface area (Å²) >= 11 is 0. The van der Waals surface area contributed by atoms with Crippen LogP contribution in [0.3, 0.4) is 0 Å². The van der Waals surface area contributed by atoms with Crippen LogP contribution in [0.2, 0.25) is 0 Å². The lowest BCUT2D eigenvalue weighted by Crippen LogP contribution is -2.54. The molecular formula is C21H26N2O6S. The van der Waals surface area contributed by atoms with E-state index < -0.39 is 28.1 Å². The number of aliphatic hydroxyl groups is 1. The number of nitrogens with one attached hydrogen (secondary N) is 1. The Morgan fingerprint density at radius 3 is 2.53 bits per heavy atom. The van der Waals surface area contributed by atoms with Crippen LogP contribution < -0.4 is 10.2 Å². The van der Waals surface area contributed by atoms with Crippen molar-refractivity contribution in [2.75, 3.05) is 6.54 Å². The third-order valence-corrected chi connectivity index (χ3v) is 7.35. The van der Waals surface area contributed by atoms with Gasteiger partial charge in [-0.3, -0.25) is 10.0 Å². The summed E-state index contributed by atoms with van der Waals surface area (Å²) in [7, 11) is -4.05. The molecule has 2 aromatic rings. The number of carbonyl (C=O) groups excluding carboxylic acids is 1. The minimum absolute atomic E-state index is 0.0218. The molecule has 3 N–H and O–H groups in total. The second-order valence-electron chi connectivity index (χ2n) is 7.42. The lowest BCUT2D eigenvalue weighted by molar-refractivity contribution is -0.135. The molecule has 0 aliphatic carbocycles. The number of ether oxygens (including phenoxy) is 1. The van der Waals surface area contributed by atoms with E-state index in [1.54, 1.807) is 12.1 Å². The van der Waals surface area contributed by atoms with Gasteiger partial charge in [0.2, 0.25) is 10.0 Å². The van der Waals surface area contributed by atoms with Crippen molar-refractivity contribution >= 4 is 15.9 Å². The maximum atomic E-state index is 13.0. The van der Waals surface area contributed by atoms with Gasteiger partial charge in [-0.15, -0.1) is 0 Å². The van der Waals surface area contributed by atoms with Gasteiger partial charge in [0.05, 0.1) is 11.0 Å². The van der Waals surface area contributed by atoms with Gasteiger partial charge in [-0.05, 0) is 67.6 Å². The summed E-state index contributed by atoms with van der Waals surface area (Å²) in [5, 5.41) is 18.8. The van der Waals surface area contributed by atoms with Crippen LogP contribution in [-0.2, 0) is 21.4 Å². The molecule has 1 saturated heterocycles. The van der Waals surface area contributed by atoms with E-state index in [1.807, 2.05) is 32.0 Å². The Kier molecular flexibility index (Phi) is 6.77. The Morgan fingerprint density at radius 1 is 1.17 bits per heavy atom. The van der Waals surface area contributed by atoms with E-state index in [0.29, 0.717) is 12.4 Å². The van der Waals surface area contributed by atoms with Crippen molar-refractivity contribution in [2.24, 2.45) is 0 Å². The average molecular weight is 435 g/mol. The SMILES string of the molecule is Cc1cccc(COc2ccc(S(=O)(=O)N3CC(O)CCC3C(=O)NO)cc2)c1C. The van der Waals surface area contributed by atoms with Crippen molar-refractivity contribution in [3.63, 3.8) is 0 Å². The van der Waals surface area contributed by atoms with Crippen molar-refractivity contribution in [1.29, 1.82) is 0 Å². The zero-order valence-electron chi connectivity index (χ0n) is 16.9. The minimum Gasteiger partial charge on any atom is -0.489 e. The van der Waals surface area contributed by atoms with Crippen LogP contribution in [0.1, 0.15) is 29.5 Å². The number of benzene rings is 2. The van der Waals surface area contributed by atoms with Gasteiger partial charge in [-0.1, -0.05) is 18.2 Å². The Morgan fingerprint density at radius 2 is 1.87 bits per heavy atom. The summed E-state index contributed by atoms with van der Waals surface area (Å²) < 4.78 is 32.8. The highest BCUT2D eigenvalue weighted by molar-refractivity contribution is 7.89. The van der Waals surface area contributed by atoms with Crippen molar-refractivity contribution in [3.8, 4) is 5.75 Å². The number of amides is 1. The van der Waals surface area contributed by atoms with Crippen LogP contribution in [0, 0.1) is 13.8 Å². The third kappa shape index (κ3) is 4.65. The van der Waals surface area contributed by atoms with Crippen molar-refractivity contribution < 1.29 is 28.3 Å². The van der Waals surface area contributed by atoms with Gasteiger partial charge in [0.1, 0.15) is 18.4 Å². The van der Waals surface area contributed by atoms with Crippen LogP contribution >= 0.6 is 0 Å². The van der Waals surface area contributed by atoms with Gasteiger partial charge in [0, 0.05) is 6.54 Å². The molecule has 0 saturated carbocycles. The Labute approximate surface area is 176 Å². The van der Waals surface area contributed by atoms with Crippen molar-refractivity contribution in [3.05, 3.63) is 59.2 Å². The maximum Gasteiger partial charge on any atom is 0.261 e. The van der Waals surface area contributed by atoms with Gasteiger partial charge in [0.15, 0.2) is 0 Å². The first-order valence-corrected chi connectivity index (χ1v) is 11.1. The van der Waals surface area contributed by atoms with Gasteiger partial charge >= 0.3 is 0 Å². The second kappa shape index (κ2) is 9.13. The van der Waals surface area contributed by atoms with Crippen molar-refractivity contribution in [2.45, 2.75) is 50.3 Å². The molecule has 0 spiro atoms. The smallest absolute Gasteiger partial charge is 0.261 e. The standard InChI is InChI=1S/C21H26N2O6S/c1-14-4-3-5-16(15(14)2)13-29-18-7-9-19(10-8-18)30(27,28)23-12-17(24)6-11-20(23)21(25)22-26/h3-5,7-10,17,20,24,26H,6,11-13H2,1-2H3,(H,22,25). The molecule has 1 heterocycles. The number of aliphatic hydroxyl groups excluding tert-OH is 1. The summed E-state index contributed by atoms with van der Waals surface area (Å²) in [4.78, 5) is 11.9. The number of rotatable bonds is 6. The zero-order valence-corrected chi connectivity index (χ0v) is 17.7. The number of hydrogen-bond donors (Lipinski definition) is 3. The molecule has 30 heavy (non-hydrogen) atoms. The van der Waals surface area contributed by atoms with E-state index in [-0.39, 0.29) is 24.3 Å². The number of sulfonamides is 1. The first-order chi connectivity index (χ1) is 14.2. The summed E-state index contributed by atoms with van der Waals surface area (Å²) in [6.07, 6.45) is -0.485. The normalized spacial score (nSPS) is 20.0. The monoisotopic (exact) mass is 434 g/mol. The second-order valence-corrected chi connectivity index (χ2v) is 9.31. The molecular weight excluding hydrogens is 408 g/mol. The number of hydrogen-bond acceptors (Lipinski definition) is 6.